The third-order valence-electron chi connectivity index (χ3n) is 4.14. The Kier molecular flexibility index (Phi) is 5.29. The Bertz CT molecular complexity index is 508. The molecule has 124 valence electrons. The van der Waals surface area contributed by atoms with E-state index >= 15 is 0 Å². The number of hydrogen-bond acceptors (Lipinski definition) is 4. The van der Waals surface area contributed by atoms with E-state index in [1.165, 1.54) is 0 Å². The molecule has 1 fully saturated rings. The zero-order valence-corrected chi connectivity index (χ0v) is 14.1. The van der Waals surface area contributed by atoms with E-state index in [0.29, 0.717) is 11.7 Å². The van der Waals surface area contributed by atoms with Gasteiger partial charge in [0, 0.05) is 13.1 Å². The summed E-state index contributed by atoms with van der Waals surface area (Å²) in [7, 11) is 0. The molecule has 1 aromatic heterocycles. The van der Waals surface area contributed by atoms with Crippen LogP contribution in [-0.4, -0.2) is 42.1 Å². The largest absolute Gasteiger partial charge is 0.463 e. The number of carbonyl (C=O) groups is 1. The molecule has 2 unspecified atom stereocenters. The average Bonchev–Trinajstić information content (AvgIpc) is 3.05. The summed E-state index contributed by atoms with van der Waals surface area (Å²) in [4.78, 5) is 14.6. The van der Waals surface area contributed by atoms with Crippen molar-refractivity contribution in [1.82, 2.24) is 10.2 Å². The summed E-state index contributed by atoms with van der Waals surface area (Å²) in [6.45, 7) is 10.9. The molecule has 1 amide bonds. The molecular weight excluding hydrogens is 280 g/mol. The first kappa shape index (κ1) is 17.0. The van der Waals surface area contributed by atoms with Crippen LogP contribution in [0, 0.1) is 18.8 Å². The van der Waals surface area contributed by atoms with E-state index in [0.717, 1.165) is 31.8 Å². The SMILES string of the molecule is Cc1ccc(C(C)(O)CNC(=O)C2CCN(CC(C)C)C2)o1. The molecule has 2 N–H and O–H groups in total. The molecule has 0 saturated carbocycles. The Hall–Kier alpha value is -1.33. The summed E-state index contributed by atoms with van der Waals surface area (Å²) in [5.41, 5.74) is -1.18. The second kappa shape index (κ2) is 6.84. The maximum absolute atomic E-state index is 12.3. The van der Waals surface area contributed by atoms with Crippen LogP contribution in [0.3, 0.4) is 0 Å². The van der Waals surface area contributed by atoms with Crippen LogP contribution in [0.15, 0.2) is 16.5 Å². The zero-order chi connectivity index (χ0) is 16.3. The number of rotatable bonds is 6. The summed E-state index contributed by atoms with van der Waals surface area (Å²) in [5, 5.41) is 13.3. The molecule has 5 nitrogen and oxygen atoms in total. The number of amides is 1. The lowest BCUT2D eigenvalue weighted by molar-refractivity contribution is -0.126. The highest BCUT2D eigenvalue weighted by molar-refractivity contribution is 5.79. The Labute approximate surface area is 132 Å². The monoisotopic (exact) mass is 308 g/mol. The average molecular weight is 308 g/mol. The molecule has 2 heterocycles. The first-order chi connectivity index (χ1) is 10.3. The van der Waals surface area contributed by atoms with Crippen molar-refractivity contribution >= 4 is 5.91 Å². The minimum atomic E-state index is -1.18. The molecule has 0 radical (unpaired) electrons. The van der Waals surface area contributed by atoms with Gasteiger partial charge in [-0.15, -0.1) is 0 Å². The number of aryl methyl sites for hydroxylation is 1. The highest BCUT2D eigenvalue weighted by Crippen LogP contribution is 2.23. The van der Waals surface area contributed by atoms with Gasteiger partial charge < -0.3 is 19.7 Å². The van der Waals surface area contributed by atoms with Crippen LogP contribution in [0.5, 0.6) is 0 Å². The van der Waals surface area contributed by atoms with Crippen molar-refractivity contribution in [2.24, 2.45) is 11.8 Å². The van der Waals surface area contributed by atoms with Crippen LogP contribution in [0.2, 0.25) is 0 Å². The fraction of sp³-hybridized carbons (Fsp3) is 0.706. The van der Waals surface area contributed by atoms with Crippen molar-refractivity contribution in [3.8, 4) is 0 Å². The van der Waals surface area contributed by atoms with E-state index in [2.05, 4.69) is 24.1 Å². The Morgan fingerprint density at radius 1 is 1.55 bits per heavy atom. The molecular formula is C17H28N2O3. The summed E-state index contributed by atoms with van der Waals surface area (Å²) >= 11 is 0. The number of hydrogen-bond donors (Lipinski definition) is 2. The molecule has 5 heteroatoms. The molecule has 0 aromatic carbocycles. The van der Waals surface area contributed by atoms with Crippen LogP contribution >= 0.6 is 0 Å². The summed E-state index contributed by atoms with van der Waals surface area (Å²) < 4.78 is 5.46. The van der Waals surface area contributed by atoms with Gasteiger partial charge in [0.15, 0.2) is 0 Å². The second-order valence-electron chi connectivity index (χ2n) is 7.04. The minimum Gasteiger partial charge on any atom is -0.463 e. The lowest BCUT2D eigenvalue weighted by Crippen LogP contribution is -2.41. The van der Waals surface area contributed by atoms with Crippen molar-refractivity contribution in [3.63, 3.8) is 0 Å². The number of furan rings is 1. The molecule has 2 atom stereocenters. The van der Waals surface area contributed by atoms with Crippen LogP contribution in [0.25, 0.3) is 0 Å². The minimum absolute atomic E-state index is 0.0212. The highest BCUT2D eigenvalue weighted by atomic mass is 16.4. The molecule has 22 heavy (non-hydrogen) atoms. The van der Waals surface area contributed by atoms with Gasteiger partial charge in [0.05, 0.1) is 12.5 Å². The smallest absolute Gasteiger partial charge is 0.224 e. The van der Waals surface area contributed by atoms with Gasteiger partial charge >= 0.3 is 0 Å². The van der Waals surface area contributed by atoms with Crippen LogP contribution < -0.4 is 5.32 Å². The van der Waals surface area contributed by atoms with E-state index in [4.69, 9.17) is 4.42 Å². The van der Waals surface area contributed by atoms with Crippen molar-refractivity contribution in [2.75, 3.05) is 26.2 Å². The first-order valence-electron chi connectivity index (χ1n) is 8.07. The maximum Gasteiger partial charge on any atom is 0.224 e. The molecule has 0 aliphatic carbocycles. The topological polar surface area (TPSA) is 65.7 Å². The number of nitrogens with zero attached hydrogens (tertiary/aromatic N) is 1. The lowest BCUT2D eigenvalue weighted by Gasteiger charge is -2.22. The van der Waals surface area contributed by atoms with E-state index < -0.39 is 5.60 Å². The maximum atomic E-state index is 12.3. The Morgan fingerprint density at radius 2 is 2.27 bits per heavy atom. The fourth-order valence-corrected chi connectivity index (χ4v) is 2.94. The second-order valence-corrected chi connectivity index (χ2v) is 7.04. The van der Waals surface area contributed by atoms with Gasteiger partial charge in [0.25, 0.3) is 0 Å². The van der Waals surface area contributed by atoms with Gasteiger partial charge in [-0.05, 0) is 44.9 Å². The van der Waals surface area contributed by atoms with E-state index in [1.54, 1.807) is 13.0 Å². The van der Waals surface area contributed by atoms with Crippen molar-refractivity contribution in [3.05, 3.63) is 23.7 Å². The Balaban J connectivity index is 1.83. The third kappa shape index (κ3) is 4.34. The van der Waals surface area contributed by atoms with E-state index in [9.17, 15) is 9.90 Å². The van der Waals surface area contributed by atoms with E-state index in [-0.39, 0.29) is 18.4 Å². The zero-order valence-electron chi connectivity index (χ0n) is 14.1. The molecule has 1 aliphatic rings. The van der Waals surface area contributed by atoms with Gasteiger partial charge in [-0.3, -0.25) is 4.79 Å². The number of carbonyl (C=O) groups excluding carboxylic acids is 1. The molecule has 2 rings (SSSR count). The van der Waals surface area contributed by atoms with Crippen molar-refractivity contribution < 1.29 is 14.3 Å². The predicted octanol–water partition coefficient (Wildman–Crippen LogP) is 1.89. The highest BCUT2D eigenvalue weighted by Gasteiger charge is 2.31. The standard InChI is InChI=1S/C17H28N2O3/c1-12(2)9-19-8-7-14(10-19)16(20)18-11-17(4,21)15-6-5-13(3)22-15/h5-6,12,14,21H,7-11H2,1-4H3,(H,18,20). The third-order valence-corrected chi connectivity index (χ3v) is 4.14. The van der Waals surface area contributed by atoms with Gasteiger partial charge in [0.1, 0.15) is 17.1 Å². The van der Waals surface area contributed by atoms with Crippen LogP contribution in [0.4, 0.5) is 0 Å². The quantitative estimate of drug-likeness (QED) is 0.842. The summed E-state index contributed by atoms with van der Waals surface area (Å²) in [6, 6.07) is 3.56. The van der Waals surface area contributed by atoms with Crippen LogP contribution in [0.1, 0.15) is 38.7 Å². The summed E-state index contributed by atoms with van der Waals surface area (Å²) in [5.74, 6) is 1.90. The van der Waals surface area contributed by atoms with Crippen molar-refractivity contribution in [2.45, 2.75) is 39.7 Å². The lowest BCUT2D eigenvalue weighted by atomic mass is 10.0. The van der Waals surface area contributed by atoms with Gasteiger partial charge in [-0.1, -0.05) is 13.8 Å². The van der Waals surface area contributed by atoms with Crippen molar-refractivity contribution in [1.29, 1.82) is 0 Å². The molecule has 1 saturated heterocycles. The van der Waals surface area contributed by atoms with E-state index in [1.807, 2.05) is 13.0 Å². The predicted molar refractivity (Wildman–Crippen MR) is 85.4 cm³/mol. The molecule has 1 aromatic rings. The molecule has 0 bridgehead atoms. The fourth-order valence-electron chi connectivity index (χ4n) is 2.94. The molecule has 1 aliphatic heterocycles. The normalized spacial score (nSPS) is 22.0. The first-order valence-corrected chi connectivity index (χ1v) is 8.07. The molecule has 0 spiro atoms. The van der Waals surface area contributed by atoms with Gasteiger partial charge in [-0.25, -0.2) is 0 Å². The number of nitrogens with one attached hydrogen (secondary N) is 1. The number of aliphatic hydroxyl groups is 1. The summed E-state index contributed by atoms with van der Waals surface area (Å²) in [6.07, 6.45) is 0.889. The Morgan fingerprint density at radius 3 is 2.86 bits per heavy atom. The van der Waals surface area contributed by atoms with Gasteiger partial charge in [-0.2, -0.15) is 0 Å². The number of likely N-dealkylation sites (tertiary alicyclic amines) is 1. The van der Waals surface area contributed by atoms with Gasteiger partial charge in [0.2, 0.25) is 5.91 Å². The van der Waals surface area contributed by atoms with Crippen LogP contribution in [-0.2, 0) is 10.4 Å².